The van der Waals surface area contributed by atoms with Crippen molar-refractivity contribution in [2.75, 3.05) is 7.11 Å². The number of hydrogen-bond donors (Lipinski definition) is 1. The number of esters is 1. The molecular formula is C23H23BrClN3O3. The number of fused-ring (bicyclic) bond motifs is 1. The molecule has 0 saturated carbocycles. The van der Waals surface area contributed by atoms with Crippen LogP contribution in [0.4, 0.5) is 0 Å². The number of benzene rings is 2. The Labute approximate surface area is 195 Å². The summed E-state index contributed by atoms with van der Waals surface area (Å²) in [5, 5.41) is 6.33. The smallest absolute Gasteiger partial charge is 0.360 e. The second-order valence-corrected chi connectivity index (χ2v) is 8.04. The van der Waals surface area contributed by atoms with E-state index < -0.39 is 5.97 Å². The first-order chi connectivity index (χ1) is 14.9. The average Bonchev–Trinajstić information content (AvgIpc) is 2.76. The number of nitrogens with two attached hydrogens (primary N) is 1. The van der Waals surface area contributed by atoms with Gasteiger partial charge in [-0.05, 0) is 31.0 Å². The SMILES string of the molecule is CC/C=C1\c2c(Br)ccc(Cl)c2C(OCc2ccccc2)=C(C(=O)OC)N1/N=C(\C)N. The molecule has 3 rings (SSSR count). The van der Waals surface area contributed by atoms with E-state index in [0.29, 0.717) is 22.7 Å². The molecule has 0 aliphatic carbocycles. The third-order valence-electron chi connectivity index (χ3n) is 4.50. The Balaban J connectivity index is 2.32. The fraction of sp³-hybridized carbons (Fsp3) is 0.217. The number of allylic oxidation sites excluding steroid dienone is 1. The Morgan fingerprint density at radius 2 is 1.94 bits per heavy atom. The molecule has 0 amide bonds. The van der Waals surface area contributed by atoms with E-state index in [4.69, 9.17) is 26.8 Å². The maximum atomic E-state index is 12.9. The molecule has 2 N–H and O–H groups in total. The zero-order valence-electron chi connectivity index (χ0n) is 17.5. The van der Waals surface area contributed by atoms with Crippen LogP contribution in [0, 0.1) is 0 Å². The maximum absolute atomic E-state index is 12.9. The van der Waals surface area contributed by atoms with E-state index in [1.165, 1.54) is 12.1 Å². The van der Waals surface area contributed by atoms with Crippen molar-refractivity contribution in [3.05, 3.63) is 80.4 Å². The Bertz CT molecular complexity index is 1080. The predicted octanol–water partition coefficient (Wildman–Crippen LogP) is 5.52. The van der Waals surface area contributed by atoms with Crippen LogP contribution in [0.15, 0.2) is 63.8 Å². The zero-order chi connectivity index (χ0) is 22.5. The summed E-state index contributed by atoms with van der Waals surface area (Å²) in [5.41, 5.74) is 8.96. The molecule has 0 atom stereocenters. The molecule has 1 heterocycles. The lowest BCUT2D eigenvalue weighted by atomic mass is 9.96. The molecular weight excluding hydrogens is 482 g/mol. The molecule has 0 spiro atoms. The molecule has 0 unspecified atom stereocenters. The molecule has 0 radical (unpaired) electrons. The van der Waals surface area contributed by atoms with E-state index in [2.05, 4.69) is 21.0 Å². The largest absolute Gasteiger partial charge is 0.486 e. The number of methoxy groups -OCH3 is 1. The second-order valence-electron chi connectivity index (χ2n) is 6.77. The highest BCUT2D eigenvalue weighted by atomic mass is 79.9. The van der Waals surface area contributed by atoms with Gasteiger partial charge in [0.05, 0.1) is 17.8 Å². The number of amidine groups is 1. The van der Waals surface area contributed by atoms with E-state index >= 15 is 0 Å². The first kappa shape index (κ1) is 22.9. The average molecular weight is 505 g/mol. The number of nitrogens with zero attached hydrogens (tertiary/aromatic N) is 2. The molecule has 31 heavy (non-hydrogen) atoms. The topological polar surface area (TPSA) is 77.2 Å². The van der Waals surface area contributed by atoms with E-state index in [-0.39, 0.29) is 23.9 Å². The van der Waals surface area contributed by atoms with Gasteiger partial charge in [0, 0.05) is 15.6 Å². The van der Waals surface area contributed by atoms with E-state index in [1.807, 2.05) is 49.4 Å². The standard InChI is InChI=1S/C23H23BrClN3O3/c1-4-8-18-19-16(24)11-12-17(25)20(19)22(31-13-15-9-6-5-7-10-15)21(23(29)30-3)28(18)27-14(2)26/h5-12H,4,13H2,1-3H3,(H2,26,27)/b18-8+. The molecule has 0 aromatic heterocycles. The lowest BCUT2D eigenvalue weighted by Crippen LogP contribution is -2.31. The summed E-state index contributed by atoms with van der Waals surface area (Å²) in [6, 6.07) is 13.2. The lowest BCUT2D eigenvalue weighted by molar-refractivity contribution is -0.137. The predicted molar refractivity (Wildman–Crippen MR) is 127 cm³/mol. The van der Waals surface area contributed by atoms with Crippen LogP contribution in [0.25, 0.3) is 11.5 Å². The zero-order valence-corrected chi connectivity index (χ0v) is 19.8. The monoisotopic (exact) mass is 503 g/mol. The van der Waals surface area contributed by atoms with Gasteiger partial charge in [-0.3, -0.25) is 0 Å². The van der Waals surface area contributed by atoms with Crippen LogP contribution in [-0.2, 0) is 20.9 Å². The Hall–Kier alpha value is -2.77. The summed E-state index contributed by atoms with van der Waals surface area (Å²) in [5.74, 6) is -0.0700. The fourth-order valence-electron chi connectivity index (χ4n) is 3.25. The molecule has 0 saturated heterocycles. The summed E-state index contributed by atoms with van der Waals surface area (Å²) in [6.07, 6.45) is 2.64. The van der Waals surface area contributed by atoms with Crippen molar-refractivity contribution in [2.24, 2.45) is 10.8 Å². The number of ether oxygens (including phenoxy) is 2. The van der Waals surface area contributed by atoms with Gasteiger partial charge in [0.15, 0.2) is 11.5 Å². The number of hydrazone groups is 1. The third kappa shape index (κ3) is 4.78. The Kier molecular flexibility index (Phi) is 7.41. The highest BCUT2D eigenvalue weighted by Gasteiger charge is 2.38. The van der Waals surface area contributed by atoms with Gasteiger partial charge in [-0.2, -0.15) is 5.10 Å². The number of carbonyl (C=O) groups excluding carboxylic acids is 1. The van der Waals surface area contributed by atoms with Crippen LogP contribution in [0.3, 0.4) is 0 Å². The second kappa shape index (κ2) is 10.0. The minimum atomic E-state index is -0.614. The molecule has 0 bridgehead atoms. The van der Waals surface area contributed by atoms with Crippen LogP contribution in [0.2, 0.25) is 5.02 Å². The summed E-state index contributed by atoms with van der Waals surface area (Å²) < 4.78 is 12.1. The van der Waals surface area contributed by atoms with Gasteiger partial charge >= 0.3 is 5.97 Å². The molecule has 162 valence electrons. The highest BCUT2D eigenvalue weighted by Crippen LogP contribution is 2.46. The van der Waals surface area contributed by atoms with Crippen LogP contribution in [0.5, 0.6) is 0 Å². The molecule has 1 aliphatic heterocycles. The molecule has 8 heteroatoms. The van der Waals surface area contributed by atoms with Crippen molar-refractivity contribution in [1.82, 2.24) is 5.01 Å². The van der Waals surface area contributed by atoms with Crippen LogP contribution < -0.4 is 5.73 Å². The first-order valence-electron chi connectivity index (χ1n) is 9.68. The Morgan fingerprint density at radius 1 is 1.23 bits per heavy atom. The minimum absolute atomic E-state index is 0.107. The van der Waals surface area contributed by atoms with Crippen molar-refractivity contribution in [3.8, 4) is 0 Å². The van der Waals surface area contributed by atoms with Gasteiger partial charge in [-0.1, -0.05) is 70.9 Å². The number of halogens is 2. The third-order valence-corrected chi connectivity index (χ3v) is 5.48. The van der Waals surface area contributed by atoms with Crippen molar-refractivity contribution >= 4 is 50.8 Å². The molecule has 1 aliphatic rings. The van der Waals surface area contributed by atoms with Gasteiger partial charge in [0.25, 0.3) is 0 Å². The van der Waals surface area contributed by atoms with Crippen molar-refractivity contribution in [1.29, 1.82) is 0 Å². The maximum Gasteiger partial charge on any atom is 0.360 e. The number of hydrogen-bond acceptors (Lipinski definition) is 5. The minimum Gasteiger partial charge on any atom is -0.486 e. The highest BCUT2D eigenvalue weighted by molar-refractivity contribution is 9.10. The molecule has 2 aromatic rings. The summed E-state index contributed by atoms with van der Waals surface area (Å²) in [6.45, 7) is 3.86. The van der Waals surface area contributed by atoms with Crippen molar-refractivity contribution < 1.29 is 14.3 Å². The van der Waals surface area contributed by atoms with Gasteiger partial charge < -0.3 is 15.2 Å². The Morgan fingerprint density at radius 3 is 2.55 bits per heavy atom. The summed E-state index contributed by atoms with van der Waals surface area (Å²) >= 11 is 10.2. The van der Waals surface area contributed by atoms with Crippen LogP contribution in [-0.4, -0.2) is 23.9 Å². The summed E-state index contributed by atoms with van der Waals surface area (Å²) in [4.78, 5) is 12.9. The van der Waals surface area contributed by atoms with E-state index in [0.717, 1.165) is 15.6 Å². The van der Waals surface area contributed by atoms with Gasteiger partial charge in [-0.15, -0.1) is 0 Å². The van der Waals surface area contributed by atoms with Gasteiger partial charge in [0.1, 0.15) is 12.4 Å². The first-order valence-corrected chi connectivity index (χ1v) is 10.8. The van der Waals surface area contributed by atoms with E-state index in [9.17, 15) is 4.79 Å². The normalized spacial score (nSPS) is 15.2. The van der Waals surface area contributed by atoms with E-state index in [1.54, 1.807) is 13.0 Å². The van der Waals surface area contributed by atoms with Crippen molar-refractivity contribution in [3.63, 3.8) is 0 Å². The number of carbonyl (C=O) groups is 1. The molecule has 6 nitrogen and oxygen atoms in total. The fourth-order valence-corrected chi connectivity index (χ4v) is 4.03. The lowest BCUT2D eigenvalue weighted by Gasteiger charge is -2.33. The van der Waals surface area contributed by atoms with Crippen LogP contribution >= 0.6 is 27.5 Å². The molecule has 2 aromatic carbocycles. The quantitative estimate of drug-likeness (QED) is 0.318. The van der Waals surface area contributed by atoms with Gasteiger partial charge in [0.2, 0.25) is 0 Å². The van der Waals surface area contributed by atoms with Gasteiger partial charge in [-0.25, -0.2) is 9.80 Å². The molecule has 0 fully saturated rings. The van der Waals surface area contributed by atoms with Crippen molar-refractivity contribution in [2.45, 2.75) is 26.9 Å². The number of rotatable bonds is 6. The summed E-state index contributed by atoms with van der Waals surface area (Å²) in [7, 11) is 1.31. The van der Waals surface area contributed by atoms with Crippen LogP contribution in [0.1, 0.15) is 37.0 Å².